The second-order valence-electron chi connectivity index (χ2n) is 6.99. The van der Waals surface area contributed by atoms with Crippen LogP contribution >= 0.6 is 11.8 Å². The molecule has 134 valence electrons. The number of piperidine rings is 1. The van der Waals surface area contributed by atoms with Crippen LogP contribution in [-0.2, 0) is 4.79 Å². The first-order valence-electron chi connectivity index (χ1n) is 8.89. The molecule has 0 bridgehead atoms. The SMILES string of the molecule is Cc1ccc(-n2cnnc2SCC(=O)N2[C@H](C)CCC[C@H]2C)c(C)c1. The first-order chi connectivity index (χ1) is 12.0. The second kappa shape index (κ2) is 7.60. The highest BCUT2D eigenvalue weighted by Crippen LogP contribution is 2.26. The van der Waals surface area contributed by atoms with Gasteiger partial charge in [-0.1, -0.05) is 29.5 Å². The Balaban J connectivity index is 1.72. The number of rotatable bonds is 4. The van der Waals surface area contributed by atoms with Crippen molar-refractivity contribution < 1.29 is 4.79 Å². The van der Waals surface area contributed by atoms with Crippen LogP contribution in [0.4, 0.5) is 0 Å². The van der Waals surface area contributed by atoms with Gasteiger partial charge in [0.2, 0.25) is 5.91 Å². The van der Waals surface area contributed by atoms with Crippen molar-refractivity contribution in [2.24, 2.45) is 0 Å². The van der Waals surface area contributed by atoms with Gasteiger partial charge in [-0.25, -0.2) is 0 Å². The molecule has 1 aromatic carbocycles. The van der Waals surface area contributed by atoms with Crippen LogP contribution in [0.15, 0.2) is 29.7 Å². The molecule has 0 saturated carbocycles. The standard InChI is InChI=1S/C19H26N4OS/c1-13-8-9-17(14(2)10-13)22-12-20-21-19(22)25-11-18(24)23-15(3)6-5-7-16(23)4/h8-10,12,15-16H,5-7,11H2,1-4H3/t15-,16-/m1/s1. The molecule has 6 heteroatoms. The van der Waals surface area contributed by atoms with E-state index in [1.807, 2.05) is 9.47 Å². The van der Waals surface area contributed by atoms with Gasteiger partial charge in [0.25, 0.3) is 0 Å². The van der Waals surface area contributed by atoms with Crippen LogP contribution in [0, 0.1) is 13.8 Å². The molecule has 2 atom stereocenters. The van der Waals surface area contributed by atoms with Crippen molar-refractivity contribution in [3.05, 3.63) is 35.7 Å². The average Bonchev–Trinajstić information content (AvgIpc) is 3.01. The maximum atomic E-state index is 12.7. The summed E-state index contributed by atoms with van der Waals surface area (Å²) in [7, 11) is 0. The molecule has 1 aliphatic heterocycles. The van der Waals surface area contributed by atoms with Gasteiger partial charge < -0.3 is 4.90 Å². The summed E-state index contributed by atoms with van der Waals surface area (Å²) in [6.07, 6.45) is 5.12. The lowest BCUT2D eigenvalue weighted by molar-refractivity contribution is -0.134. The number of aromatic nitrogens is 3. The summed E-state index contributed by atoms with van der Waals surface area (Å²) in [6.45, 7) is 8.46. The van der Waals surface area contributed by atoms with Crippen LogP contribution in [0.3, 0.4) is 0 Å². The molecule has 1 aromatic heterocycles. The zero-order valence-electron chi connectivity index (χ0n) is 15.4. The summed E-state index contributed by atoms with van der Waals surface area (Å²) >= 11 is 1.47. The molecule has 2 heterocycles. The number of carbonyl (C=O) groups is 1. The second-order valence-corrected chi connectivity index (χ2v) is 7.93. The number of hydrogen-bond donors (Lipinski definition) is 0. The average molecular weight is 359 g/mol. The summed E-state index contributed by atoms with van der Waals surface area (Å²) < 4.78 is 1.97. The molecule has 0 N–H and O–H groups in total. The number of hydrogen-bond acceptors (Lipinski definition) is 4. The van der Waals surface area contributed by atoms with Crippen molar-refractivity contribution in [1.29, 1.82) is 0 Å². The third-order valence-corrected chi connectivity index (χ3v) is 5.86. The summed E-state index contributed by atoms with van der Waals surface area (Å²) in [5, 5.41) is 9.03. The minimum absolute atomic E-state index is 0.194. The van der Waals surface area contributed by atoms with Gasteiger partial charge in [-0.15, -0.1) is 10.2 Å². The van der Waals surface area contributed by atoms with Gasteiger partial charge in [-0.2, -0.15) is 0 Å². The van der Waals surface area contributed by atoms with E-state index >= 15 is 0 Å². The van der Waals surface area contributed by atoms with Crippen LogP contribution in [0.5, 0.6) is 0 Å². The lowest BCUT2D eigenvalue weighted by Gasteiger charge is -2.39. The molecular weight excluding hydrogens is 332 g/mol. The molecule has 1 aliphatic rings. The highest BCUT2D eigenvalue weighted by Gasteiger charge is 2.29. The fourth-order valence-corrected chi connectivity index (χ4v) is 4.47. The van der Waals surface area contributed by atoms with Gasteiger partial charge in [0.1, 0.15) is 6.33 Å². The Kier molecular flexibility index (Phi) is 5.47. The Labute approximate surface area is 153 Å². The summed E-state index contributed by atoms with van der Waals surface area (Å²) in [5.41, 5.74) is 3.46. The lowest BCUT2D eigenvalue weighted by atomic mass is 9.98. The predicted octanol–water partition coefficient (Wildman–Crippen LogP) is 3.77. The monoisotopic (exact) mass is 358 g/mol. The van der Waals surface area contributed by atoms with Crippen molar-refractivity contribution in [3.63, 3.8) is 0 Å². The molecule has 0 radical (unpaired) electrons. The van der Waals surface area contributed by atoms with Crippen LogP contribution in [-0.4, -0.2) is 43.4 Å². The molecule has 0 unspecified atom stereocenters. The Bertz CT molecular complexity index is 748. The fourth-order valence-electron chi connectivity index (χ4n) is 3.68. The summed E-state index contributed by atoms with van der Waals surface area (Å²) in [5.74, 6) is 0.595. The maximum Gasteiger partial charge on any atom is 0.233 e. The first kappa shape index (κ1) is 18.0. The Morgan fingerprint density at radius 3 is 2.64 bits per heavy atom. The number of benzene rings is 1. The van der Waals surface area contributed by atoms with E-state index < -0.39 is 0 Å². The minimum Gasteiger partial charge on any atom is -0.337 e. The fraction of sp³-hybridized carbons (Fsp3) is 0.526. The molecule has 1 saturated heterocycles. The van der Waals surface area contributed by atoms with Gasteiger partial charge in [0.05, 0.1) is 11.4 Å². The molecule has 25 heavy (non-hydrogen) atoms. The topological polar surface area (TPSA) is 51.0 Å². The van der Waals surface area contributed by atoms with E-state index in [4.69, 9.17) is 0 Å². The smallest absolute Gasteiger partial charge is 0.233 e. The molecule has 1 fully saturated rings. The number of aryl methyl sites for hydroxylation is 2. The summed E-state index contributed by atoms with van der Waals surface area (Å²) in [6, 6.07) is 6.96. The van der Waals surface area contributed by atoms with E-state index in [-0.39, 0.29) is 5.91 Å². The van der Waals surface area contributed by atoms with E-state index in [0.29, 0.717) is 17.8 Å². The zero-order chi connectivity index (χ0) is 18.0. The van der Waals surface area contributed by atoms with Gasteiger partial charge in [-0.3, -0.25) is 9.36 Å². The van der Waals surface area contributed by atoms with E-state index in [0.717, 1.165) is 23.7 Å². The quantitative estimate of drug-likeness (QED) is 0.781. The molecule has 0 aliphatic carbocycles. The first-order valence-corrected chi connectivity index (χ1v) is 9.87. The molecule has 1 amide bonds. The number of amides is 1. The Morgan fingerprint density at radius 1 is 1.24 bits per heavy atom. The summed E-state index contributed by atoms with van der Waals surface area (Å²) in [4.78, 5) is 14.8. The largest absolute Gasteiger partial charge is 0.337 e. The highest BCUT2D eigenvalue weighted by atomic mass is 32.2. The lowest BCUT2D eigenvalue weighted by Crippen LogP contribution is -2.48. The van der Waals surface area contributed by atoms with E-state index in [9.17, 15) is 4.79 Å². The molecular formula is C19H26N4OS. The van der Waals surface area contributed by atoms with Crippen molar-refractivity contribution in [2.45, 2.75) is 64.2 Å². The van der Waals surface area contributed by atoms with Crippen molar-refractivity contribution in [3.8, 4) is 5.69 Å². The highest BCUT2D eigenvalue weighted by molar-refractivity contribution is 7.99. The zero-order valence-corrected chi connectivity index (χ0v) is 16.2. The van der Waals surface area contributed by atoms with Gasteiger partial charge >= 0.3 is 0 Å². The number of likely N-dealkylation sites (tertiary alicyclic amines) is 1. The predicted molar refractivity (Wildman–Crippen MR) is 101 cm³/mol. The van der Waals surface area contributed by atoms with Gasteiger partial charge in [0.15, 0.2) is 5.16 Å². The number of nitrogens with zero attached hydrogens (tertiary/aromatic N) is 4. The van der Waals surface area contributed by atoms with E-state index in [1.54, 1.807) is 6.33 Å². The van der Waals surface area contributed by atoms with E-state index in [1.165, 1.54) is 29.3 Å². The van der Waals surface area contributed by atoms with Gasteiger partial charge in [0, 0.05) is 12.1 Å². The van der Waals surface area contributed by atoms with Crippen LogP contribution in [0.2, 0.25) is 0 Å². The Morgan fingerprint density at radius 2 is 1.96 bits per heavy atom. The van der Waals surface area contributed by atoms with E-state index in [2.05, 4.69) is 56.1 Å². The normalized spacial score (nSPS) is 20.7. The van der Waals surface area contributed by atoms with Crippen molar-refractivity contribution in [1.82, 2.24) is 19.7 Å². The third-order valence-electron chi connectivity index (χ3n) is 4.93. The maximum absolute atomic E-state index is 12.7. The third kappa shape index (κ3) is 3.89. The molecule has 5 nitrogen and oxygen atoms in total. The van der Waals surface area contributed by atoms with Crippen LogP contribution in [0.25, 0.3) is 5.69 Å². The van der Waals surface area contributed by atoms with Crippen LogP contribution < -0.4 is 0 Å². The number of carbonyl (C=O) groups excluding carboxylic acids is 1. The number of thioether (sulfide) groups is 1. The molecule has 2 aromatic rings. The minimum atomic E-state index is 0.194. The molecule has 0 spiro atoms. The van der Waals surface area contributed by atoms with Crippen molar-refractivity contribution >= 4 is 17.7 Å². The van der Waals surface area contributed by atoms with Crippen molar-refractivity contribution in [2.75, 3.05) is 5.75 Å². The van der Waals surface area contributed by atoms with Gasteiger partial charge in [-0.05, 0) is 58.6 Å². The van der Waals surface area contributed by atoms with Crippen LogP contribution in [0.1, 0.15) is 44.2 Å². The Hall–Kier alpha value is -1.82. The molecule has 3 rings (SSSR count).